The minimum absolute atomic E-state index is 0.180. The van der Waals surface area contributed by atoms with Crippen LogP contribution in [0.1, 0.15) is 24.3 Å². The van der Waals surface area contributed by atoms with E-state index in [-0.39, 0.29) is 5.91 Å². The van der Waals surface area contributed by atoms with Crippen LogP contribution in [0.15, 0.2) is 47.9 Å². The number of rotatable bonds is 7. The molecule has 2 aliphatic carbocycles. The number of fused-ring (bicyclic) bond motifs is 1. The van der Waals surface area contributed by atoms with E-state index in [1.807, 2.05) is 18.2 Å². The molecule has 152 valence electrons. The summed E-state index contributed by atoms with van der Waals surface area (Å²) in [5.74, 6) is 2.26. The Kier molecular flexibility index (Phi) is 5.09. The van der Waals surface area contributed by atoms with Crippen LogP contribution in [0.4, 0.5) is 5.69 Å². The average Bonchev–Trinajstić information content (AvgIpc) is 3.49. The van der Waals surface area contributed by atoms with Crippen molar-refractivity contribution in [3.8, 4) is 11.5 Å². The molecule has 0 bridgehead atoms. The van der Waals surface area contributed by atoms with Crippen molar-refractivity contribution in [1.29, 1.82) is 0 Å². The molecule has 6 nitrogen and oxygen atoms in total. The average molecular weight is 395 g/mol. The fraction of sp³-hybridized carbons (Fsp3) is 0.348. The second kappa shape index (κ2) is 7.70. The third-order valence-electron chi connectivity index (χ3n) is 5.50. The van der Waals surface area contributed by atoms with E-state index in [1.54, 1.807) is 40.6 Å². The first kappa shape index (κ1) is 19.2. The van der Waals surface area contributed by atoms with Crippen molar-refractivity contribution < 1.29 is 23.7 Å². The lowest BCUT2D eigenvalue weighted by atomic mass is 9.97. The smallest absolute Gasteiger partial charge is 0.239 e. The Balaban J connectivity index is 1.75. The summed E-state index contributed by atoms with van der Waals surface area (Å²) in [5, 5.41) is 5.06. The van der Waals surface area contributed by atoms with Crippen molar-refractivity contribution in [2.24, 2.45) is 5.92 Å². The first-order valence-corrected chi connectivity index (χ1v) is 9.61. The highest BCUT2D eigenvalue weighted by atomic mass is 16.5. The molecular formula is C23H25NO5. The number of anilines is 1. The molecule has 29 heavy (non-hydrogen) atoms. The predicted octanol–water partition coefficient (Wildman–Crippen LogP) is 4.36. The second-order valence-electron chi connectivity index (χ2n) is 7.16. The van der Waals surface area contributed by atoms with Gasteiger partial charge < -0.3 is 24.3 Å². The largest absolute Gasteiger partial charge is 0.496 e. The summed E-state index contributed by atoms with van der Waals surface area (Å²) in [4.78, 5) is 13.0. The lowest BCUT2D eigenvalue weighted by Gasteiger charge is -2.19. The van der Waals surface area contributed by atoms with Crippen molar-refractivity contribution in [3.63, 3.8) is 0 Å². The van der Waals surface area contributed by atoms with Gasteiger partial charge in [0.2, 0.25) is 5.91 Å². The molecule has 2 aromatic rings. The van der Waals surface area contributed by atoms with E-state index >= 15 is 0 Å². The van der Waals surface area contributed by atoms with Crippen LogP contribution in [0, 0.1) is 5.92 Å². The van der Waals surface area contributed by atoms with Gasteiger partial charge in [-0.25, -0.2) is 0 Å². The number of methoxy groups -OCH3 is 4. The molecule has 0 spiro atoms. The van der Waals surface area contributed by atoms with Gasteiger partial charge in [0, 0.05) is 16.6 Å². The molecule has 1 unspecified atom stereocenters. The van der Waals surface area contributed by atoms with Crippen LogP contribution in [0.3, 0.4) is 0 Å². The predicted molar refractivity (Wildman–Crippen MR) is 111 cm³/mol. The minimum Gasteiger partial charge on any atom is -0.496 e. The van der Waals surface area contributed by atoms with Crippen LogP contribution >= 0.6 is 0 Å². The Hall–Kier alpha value is -3.15. The number of ether oxygens (including phenoxy) is 4. The first-order valence-electron chi connectivity index (χ1n) is 9.61. The molecule has 0 saturated heterocycles. The Morgan fingerprint density at radius 2 is 1.79 bits per heavy atom. The third kappa shape index (κ3) is 3.28. The van der Waals surface area contributed by atoms with E-state index in [0.717, 1.165) is 40.6 Å². The molecule has 0 heterocycles. The summed E-state index contributed by atoms with van der Waals surface area (Å²) < 4.78 is 21.9. The summed E-state index contributed by atoms with van der Waals surface area (Å²) in [6.07, 6.45) is 5.79. The third-order valence-corrected chi connectivity index (χ3v) is 5.50. The highest BCUT2D eigenvalue weighted by Gasteiger charge is 2.32. The maximum Gasteiger partial charge on any atom is 0.239 e. The fourth-order valence-corrected chi connectivity index (χ4v) is 3.98. The summed E-state index contributed by atoms with van der Waals surface area (Å²) in [6.45, 7) is 0. The van der Waals surface area contributed by atoms with Gasteiger partial charge in [-0.15, -0.1) is 0 Å². The van der Waals surface area contributed by atoms with Gasteiger partial charge in [0.15, 0.2) is 23.0 Å². The molecule has 1 N–H and O–H groups in total. The lowest BCUT2D eigenvalue weighted by molar-refractivity contribution is -0.118. The molecule has 1 saturated carbocycles. The Morgan fingerprint density at radius 1 is 1.00 bits per heavy atom. The zero-order chi connectivity index (χ0) is 20.5. The molecule has 0 aliphatic heterocycles. The number of carbonyl (C=O) groups excluding carboxylic acids is 1. The molecule has 6 heteroatoms. The highest BCUT2D eigenvalue weighted by molar-refractivity contribution is 6.06. The number of amides is 1. The Bertz CT molecular complexity index is 1020. The minimum atomic E-state index is -0.534. The Labute approximate surface area is 170 Å². The van der Waals surface area contributed by atoms with Gasteiger partial charge in [-0.2, -0.15) is 0 Å². The van der Waals surface area contributed by atoms with E-state index in [2.05, 4.69) is 11.4 Å². The molecule has 1 atom stereocenters. The maximum atomic E-state index is 13.0. The molecular weight excluding hydrogens is 370 g/mol. The summed E-state index contributed by atoms with van der Waals surface area (Å²) in [7, 11) is 6.40. The molecule has 2 aliphatic rings. The van der Waals surface area contributed by atoms with E-state index in [0.29, 0.717) is 23.2 Å². The molecule has 1 fully saturated rings. The Morgan fingerprint density at radius 3 is 2.41 bits per heavy atom. The number of hydrogen-bond acceptors (Lipinski definition) is 5. The van der Waals surface area contributed by atoms with Crippen LogP contribution in [-0.4, -0.2) is 34.3 Å². The number of hydrogen-bond donors (Lipinski definition) is 1. The topological polar surface area (TPSA) is 66.0 Å². The standard InChI is InChI=1S/C23H25NO5/c1-26-18-11-10-15(21(18)28-3)23(25)24-17-7-5-6-14-16(17)12-19(27-2)22(29-4)20(14)13-8-9-13/h5-7,10-13,15H,8-9H2,1-4H3,(H,24,25). The maximum absolute atomic E-state index is 13.0. The van der Waals surface area contributed by atoms with Gasteiger partial charge in [-0.05, 0) is 42.4 Å². The van der Waals surface area contributed by atoms with E-state index in [1.165, 1.54) is 0 Å². The van der Waals surface area contributed by atoms with Gasteiger partial charge in [-0.3, -0.25) is 4.79 Å². The number of nitrogens with one attached hydrogen (secondary N) is 1. The zero-order valence-electron chi connectivity index (χ0n) is 17.1. The fourth-order valence-electron chi connectivity index (χ4n) is 3.98. The van der Waals surface area contributed by atoms with Crippen LogP contribution in [0.25, 0.3) is 10.8 Å². The monoisotopic (exact) mass is 395 g/mol. The normalized spacial score (nSPS) is 18.1. The first-order chi connectivity index (χ1) is 14.1. The van der Waals surface area contributed by atoms with Crippen molar-refractivity contribution in [2.45, 2.75) is 18.8 Å². The van der Waals surface area contributed by atoms with Crippen molar-refractivity contribution >= 4 is 22.4 Å². The number of allylic oxidation sites excluding steroid dienone is 1. The van der Waals surface area contributed by atoms with Gasteiger partial charge in [0.05, 0.1) is 28.4 Å². The van der Waals surface area contributed by atoms with E-state index in [4.69, 9.17) is 18.9 Å². The van der Waals surface area contributed by atoms with E-state index in [9.17, 15) is 4.79 Å². The zero-order valence-corrected chi connectivity index (χ0v) is 17.1. The van der Waals surface area contributed by atoms with Crippen molar-refractivity contribution in [3.05, 3.63) is 53.5 Å². The van der Waals surface area contributed by atoms with Crippen LogP contribution in [-0.2, 0) is 14.3 Å². The van der Waals surface area contributed by atoms with Gasteiger partial charge in [-0.1, -0.05) is 18.2 Å². The van der Waals surface area contributed by atoms with Crippen molar-refractivity contribution in [1.82, 2.24) is 0 Å². The summed E-state index contributed by atoms with van der Waals surface area (Å²) in [5.41, 5.74) is 1.88. The lowest BCUT2D eigenvalue weighted by Crippen LogP contribution is -2.23. The quantitative estimate of drug-likeness (QED) is 0.754. The van der Waals surface area contributed by atoms with Crippen molar-refractivity contribution in [2.75, 3.05) is 33.8 Å². The van der Waals surface area contributed by atoms with Crippen LogP contribution in [0.5, 0.6) is 11.5 Å². The number of benzene rings is 2. The SMILES string of the molecule is COC1=C(OC)C(C(=O)Nc2cccc3c(C4CC4)c(OC)c(OC)cc23)C=C1. The number of carbonyl (C=O) groups is 1. The molecule has 4 rings (SSSR count). The highest BCUT2D eigenvalue weighted by Crippen LogP contribution is 2.51. The molecule has 0 radical (unpaired) electrons. The van der Waals surface area contributed by atoms with E-state index < -0.39 is 5.92 Å². The van der Waals surface area contributed by atoms with Gasteiger partial charge >= 0.3 is 0 Å². The molecule has 1 amide bonds. The molecule has 2 aromatic carbocycles. The van der Waals surface area contributed by atoms with Gasteiger partial charge in [0.25, 0.3) is 0 Å². The van der Waals surface area contributed by atoms with Gasteiger partial charge in [0.1, 0.15) is 5.92 Å². The van der Waals surface area contributed by atoms with Crippen LogP contribution < -0.4 is 14.8 Å². The van der Waals surface area contributed by atoms with Crippen LogP contribution in [0.2, 0.25) is 0 Å². The molecule has 0 aromatic heterocycles. The summed E-state index contributed by atoms with van der Waals surface area (Å²) in [6, 6.07) is 7.84. The second-order valence-corrected chi connectivity index (χ2v) is 7.16. The summed E-state index contributed by atoms with van der Waals surface area (Å²) >= 11 is 0.